The molecule has 0 aromatic rings. The maximum atomic E-state index is 11.9. The van der Waals surface area contributed by atoms with Gasteiger partial charge in [-0.1, -0.05) is 6.92 Å². The van der Waals surface area contributed by atoms with E-state index in [0.29, 0.717) is 0 Å². The number of amides is 1. The molecule has 7 heteroatoms. The molecule has 6 atom stereocenters. The Morgan fingerprint density at radius 2 is 2.12 bits per heavy atom. The van der Waals surface area contributed by atoms with Crippen molar-refractivity contribution in [3.63, 3.8) is 0 Å². The molecule has 2 heterocycles. The highest BCUT2D eigenvalue weighted by molar-refractivity contribution is 7.10. The number of β-lactam (4-membered cyclic amide) rings is 1. The number of nitrogens with zero attached hydrogens (tertiary/aromatic N) is 1. The average Bonchev–Trinajstić information content (AvgIpc) is 2.49. The minimum absolute atomic E-state index is 0.320. The number of ketones is 1. The van der Waals surface area contributed by atoms with Crippen LogP contribution in [0, 0.1) is 11.8 Å². The summed E-state index contributed by atoms with van der Waals surface area (Å²) in [5.41, 5.74) is 0. The molecule has 6 nitrogen and oxygen atoms in total. The normalized spacial score (nSPS) is 37.5. The van der Waals surface area contributed by atoms with Crippen molar-refractivity contribution >= 4 is 27.1 Å². The van der Waals surface area contributed by atoms with Crippen LogP contribution >= 0.6 is 9.47 Å². The summed E-state index contributed by atoms with van der Waals surface area (Å²) < 4.78 is 4.45. The molecule has 0 radical (unpaired) electrons. The first-order chi connectivity index (χ1) is 7.91. The predicted octanol–water partition coefficient (Wildman–Crippen LogP) is -0.885. The highest BCUT2D eigenvalue weighted by atomic mass is 31.0. The van der Waals surface area contributed by atoms with Crippen molar-refractivity contribution in [3.05, 3.63) is 0 Å². The van der Waals surface area contributed by atoms with Crippen molar-refractivity contribution in [3.8, 4) is 0 Å². The molecule has 17 heavy (non-hydrogen) atoms. The van der Waals surface area contributed by atoms with E-state index < -0.39 is 30.0 Å². The number of hydrogen-bond acceptors (Lipinski definition) is 5. The van der Waals surface area contributed by atoms with Crippen molar-refractivity contribution in [1.82, 2.24) is 4.90 Å². The van der Waals surface area contributed by atoms with Gasteiger partial charge in [-0.15, -0.1) is 0 Å². The van der Waals surface area contributed by atoms with Crippen LogP contribution in [0.15, 0.2) is 0 Å². The summed E-state index contributed by atoms with van der Waals surface area (Å²) in [7, 11) is 1.78. The number of aliphatic hydroxyl groups is 1. The average molecular weight is 259 g/mol. The summed E-state index contributed by atoms with van der Waals surface area (Å²) in [6, 6.07) is -1.53. The molecule has 94 valence electrons. The fourth-order valence-corrected chi connectivity index (χ4v) is 2.88. The van der Waals surface area contributed by atoms with Crippen LogP contribution in [0.3, 0.4) is 0 Å². The van der Waals surface area contributed by atoms with Gasteiger partial charge in [0.2, 0.25) is 5.91 Å². The van der Waals surface area contributed by atoms with Crippen LogP contribution in [0.5, 0.6) is 0 Å². The van der Waals surface area contributed by atoms with Gasteiger partial charge < -0.3 is 14.5 Å². The van der Waals surface area contributed by atoms with Crippen molar-refractivity contribution in [2.24, 2.45) is 11.8 Å². The molecule has 1 amide bonds. The summed E-state index contributed by atoms with van der Waals surface area (Å²) >= 11 is 0. The summed E-state index contributed by atoms with van der Waals surface area (Å²) in [6.07, 6.45) is -0.815. The lowest BCUT2D eigenvalue weighted by Crippen LogP contribution is -2.65. The fourth-order valence-electron chi connectivity index (χ4n) is 2.75. The van der Waals surface area contributed by atoms with Crippen molar-refractivity contribution in [1.29, 1.82) is 0 Å². The number of Topliss-reactive ketones (excluding diaryl/α,β-unsaturated/α-hetero) is 1. The molecule has 0 bridgehead atoms. The van der Waals surface area contributed by atoms with Crippen LogP contribution < -0.4 is 0 Å². The van der Waals surface area contributed by atoms with E-state index in [9.17, 15) is 19.5 Å². The molecule has 0 aromatic carbocycles. The third-order valence-electron chi connectivity index (χ3n) is 3.60. The molecule has 0 aromatic heterocycles. The van der Waals surface area contributed by atoms with Gasteiger partial charge in [0.05, 0.1) is 27.5 Å². The molecular weight excluding hydrogens is 245 g/mol. The van der Waals surface area contributed by atoms with E-state index in [0.717, 1.165) is 0 Å². The van der Waals surface area contributed by atoms with E-state index in [-0.39, 0.29) is 17.7 Å². The third kappa shape index (κ3) is 1.51. The second-order valence-corrected chi connectivity index (χ2v) is 4.77. The SMILES string of the molecule is CC(O)C1C(=O)N2C(C(=O)OP)C(=O)C(C)C12. The van der Waals surface area contributed by atoms with Crippen LogP contribution in [0.25, 0.3) is 0 Å². The summed E-state index contributed by atoms with van der Waals surface area (Å²) in [6.45, 7) is 3.18. The van der Waals surface area contributed by atoms with Crippen LogP contribution in [0.1, 0.15) is 13.8 Å². The third-order valence-corrected chi connectivity index (χ3v) is 3.83. The van der Waals surface area contributed by atoms with Crippen LogP contribution in [0.4, 0.5) is 0 Å². The van der Waals surface area contributed by atoms with Crippen LogP contribution in [-0.2, 0) is 18.9 Å². The molecule has 2 aliphatic rings. The molecule has 6 unspecified atom stereocenters. The number of aliphatic hydroxyl groups excluding tert-OH is 1. The Bertz CT molecular complexity index is 396. The van der Waals surface area contributed by atoms with E-state index in [1.165, 1.54) is 11.8 Å². The second kappa shape index (κ2) is 4.03. The van der Waals surface area contributed by atoms with Crippen LogP contribution in [0.2, 0.25) is 0 Å². The first-order valence-corrected chi connectivity index (χ1v) is 5.83. The fraction of sp³-hybridized carbons (Fsp3) is 0.700. The van der Waals surface area contributed by atoms with Gasteiger partial charge in [0.1, 0.15) is 0 Å². The maximum Gasteiger partial charge on any atom is 0.338 e. The number of carbonyl (C=O) groups is 3. The van der Waals surface area contributed by atoms with E-state index in [4.69, 9.17) is 0 Å². The molecule has 2 aliphatic heterocycles. The molecule has 2 saturated heterocycles. The van der Waals surface area contributed by atoms with Gasteiger partial charge in [0.25, 0.3) is 0 Å². The van der Waals surface area contributed by atoms with Gasteiger partial charge in [0, 0.05) is 5.92 Å². The summed E-state index contributed by atoms with van der Waals surface area (Å²) in [5.74, 6) is -2.45. The molecule has 0 saturated carbocycles. The standard InChI is InChI=1S/C10H14NO5P/c1-3-6-5(4(2)12)9(14)11(6)7(8(3)13)10(15)16-17/h3-7,12H,17H2,1-2H3. The minimum atomic E-state index is -1.14. The van der Waals surface area contributed by atoms with Gasteiger partial charge in [-0.3, -0.25) is 9.59 Å². The van der Waals surface area contributed by atoms with Gasteiger partial charge in [0.15, 0.2) is 11.8 Å². The first kappa shape index (κ1) is 12.5. The van der Waals surface area contributed by atoms with E-state index in [2.05, 4.69) is 4.52 Å². The van der Waals surface area contributed by atoms with Gasteiger partial charge in [-0.05, 0) is 6.92 Å². The smallest absolute Gasteiger partial charge is 0.338 e. The lowest BCUT2D eigenvalue weighted by atomic mass is 9.79. The Morgan fingerprint density at radius 1 is 1.53 bits per heavy atom. The molecule has 2 fully saturated rings. The zero-order valence-electron chi connectivity index (χ0n) is 9.49. The Hall–Kier alpha value is -1.00. The molecule has 1 N–H and O–H groups in total. The Kier molecular flexibility index (Phi) is 2.96. The molecule has 0 aliphatic carbocycles. The number of fused-ring (bicyclic) bond motifs is 1. The minimum Gasteiger partial charge on any atom is -0.450 e. The lowest BCUT2D eigenvalue weighted by molar-refractivity contribution is -0.170. The predicted molar refractivity (Wildman–Crippen MR) is 59.6 cm³/mol. The molecule has 0 spiro atoms. The number of carbonyl (C=O) groups excluding carboxylic acids is 3. The first-order valence-electron chi connectivity index (χ1n) is 5.36. The highest BCUT2D eigenvalue weighted by Crippen LogP contribution is 2.43. The number of rotatable bonds is 2. The lowest BCUT2D eigenvalue weighted by Gasteiger charge is -2.46. The second-order valence-electron chi connectivity index (χ2n) is 4.53. The van der Waals surface area contributed by atoms with Crippen molar-refractivity contribution < 1.29 is 24.0 Å². The zero-order valence-corrected chi connectivity index (χ0v) is 10.6. The largest absolute Gasteiger partial charge is 0.450 e. The highest BCUT2D eigenvalue weighted by Gasteiger charge is 2.64. The summed E-state index contributed by atoms with van der Waals surface area (Å²) in [5, 5.41) is 9.50. The zero-order chi connectivity index (χ0) is 12.9. The Balaban J connectivity index is 2.30. The van der Waals surface area contributed by atoms with E-state index in [1.807, 2.05) is 0 Å². The molecular formula is C10H14NO5P. The van der Waals surface area contributed by atoms with Gasteiger partial charge in [-0.2, -0.15) is 0 Å². The van der Waals surface area contributed by atoms with E-state index >= 15 is 0 Å². The number of hydrogen-bond donors (Lipinski definition) is 1. The topological polar surface area (TPSA) is 83.9 Å². The molecule has 2 rings (SSSR count). The van der Waals surface area contributed by atoms with Crippen LogP contribution in [-0.4, -0.2) is 45.9 Å². The maximum absolute atomic E-state index is 11.9. The van der Waals surface area contributed by atoms with Gasteiger partial charge >= 0.3 is 5.97 Å². The monoisotopic (exact) mass is 259 g/mol. The summed E-state index contributed by atoms with van der Waals surface area (Å²) in [4.78, 5) is 36.4. The van der Waals surface area contributed by atoms with Gasteiger partial charge in [-0.25, -0.2) is 4.79 Å². The van der Waals surface area contributed by atoms with Crippen molar-refractivity contribution in [2.45, 2.75) is 32.0 Å². The quantitative estimate of drug-likeness (QED) is 0.395. The Labute approximate surface area is 101 Å². The van der Waals surface area contributed by atoms with Crippen molar-refractivity contribution in [2.75, 3.05) is 0 Å². The Morgan fingerprint density at radius 3 is 2.59 bits per heavy atom. The van der Waals surface area contributed by atoms with E-state index in [1.54, 1.807) is 16.4 Å².